The second-order valence-electron chi connectivity index (χ2n) is 8.47. The zero-order chi connectivity index (χ0) is 26.2. The molecule has 1 atom stereocenters. The summed E-state index contributed by atoms with van der Waals surface area (Å²) in [6.07, 6.45) is 0.266. The van der Waals surface area contributed by atoms with Gasteiger partial charge in [-0.25, -0.2) is 4.79 Å². The number of carbonyl (C=O) groups is 3. The van der Waals surface area contributed by atoms with Gasteiger partial charge in [-0.2, -0.15) is 0 Å². The Kier molecular flexibility index (Phi) is 8.38. The first-order valence-corrected chi connectivity index (χ1v) is 12.6. The second kappa shape index (κ2) is 12.1. The van der Waals surface area contributed by atoms with Crippen LogP contribution >= 0.6 is 11.8 Å². The Balaban J connectivity index is 1.53. The predicted octanol–water partition coefficient (Wildman–Crippen LogP) is 6.35. The number of anilines is 2. The Hall–Kier alpha value is -4.36. The van der Waals surface area contributed by atoms with E-state index in [-0.39, 0.29) is 23.8 Å². The van der Waals surface area contributed by atoms with Crippen molar-refractivity contribution in [1.29, 1.82) is 0 Å². The molecule has 0 aliphatic carbocycles. The zero-order valence-electron chi connectivity index (χ0n) is 20.2. The standard InChI is InChI=1S/C30H26N2O4S/c1-20-15-16-23(30(35)36)18-26(20)32-29(34)28(22-11-6-3-7-12-22)37-25-14-8-13-24(19-25)31-27(33)17-21-9-4-2-5-10-21/h2-16,18-19,28H,17H2,1H3,(H,31,33)(H,32,34)(H,35,36). The maximum Gasteiger partial charge on any atom is 0.335 e. The van der Waals surface area contributed by atoms with E-state index >= 15 is 0 Å². The normalized spacial score (nSPS) is 11.4. The highest BCUT2D eigenvalue weighted by molar-refractivity contribution is 8.00. The number of amides is 2. The Labute approximate surface area is 219 Å². The number of rotatable bonds is 9. The minimum Gasteiger partial charge on any atom is -0.478 e. The molecule has 1 unspecified atom stereocenters. The van der Waals surface area contributed by atoms with Crippen LogP contribution in [0.5, 0.6) is 0 Å². The summed E-state index contributed by atoms with van der Waals surface area (Å²) in [5.41, 5.74) is 3.68. The van der Waals surface area contributed by atoms with Gasteiger partial charge in [0.2, 0.25) is 11.8 Å². The van der Waals surface area contributed by atoms with Crippen LogP contribution in [0.1, 0.15) is 32.3 Å². The van der Waals surface area contributed by atoms with Crippen molar-refractivity contribution in [3.05, 3.63) is 125 Å². The zero-order valence-corrected chi connectivity index (χ0v) is 21.0. The summed E-state index contributed by atoms with van der Waals surface area (Å²) >= 11 is 1.35. The molecule has 0 fully saturated rings. The number of benzene rings is 4. The molecule has 0 aromatic heterocycles. The van der Waals surface area contributed by atoms with Gasteiger partial charge >= 0.3 is 5.97 Å². The van der Waals surface area contributed by atoms with Gasteiger partial charge in [0.1, 0.15) is 5.25 Å². The molecular weight excluding hydrogens is 484 g/mol. The molecule has 2 amide bonds. The molecular formula is C30H26N2O4S. The van der Waals surface area contributed by atoms with Gasteiger partial charge in [-0.1, -0.05) is 72.8 Å². The molecule has 186 valence electrons. The van der Waals surface area contributed by atoms with Crippen LogP contribution in [-0.2, 0) is 16.0 Å². The summed E-state index contributed by atoms with van der Waals surface area (Å²) in [6, 6.07) is 30.9. The number of carboxylic acid groups (broad SMARTS) is 1. The van der Waals surface area contributed by atoms with E-state index in [4.69, 9.17) is 0 Å². The van der Waals surface area contributed by atoms with Crippen molar-refractivity contribution in [3.63, 3.8) is 0 Å². The first kappa shape index (κ1) is 25.7. The summed E-state index contributed by atoms with van der Waals surface area (Å²) in [5.74, 6) is -1.46. The van der Waals surface area contributed by atoms with Gasteiger partial charge in [0.25, 0.3) is 0 Å². The van der Waals surface area contributed by atoms with E-state index in [1.165, 1.54) is 23.9 Å². The SMILES string of the molecule is Cc1ccc(C(=O)O)cc1NC(=O)C(Sc1cccc(NC(=O)Cc2ccccc2)c1)c1ccccc1. The molecule has 37 heavy (non-hydrogen) atoms. The maximum atomic E-state index is 13.5. The lowest BCUT2D eigenvalue weighted by atomic mass is 10.1. The first-order chi connectivity index (χ1) is 17.9. The van der Waals surface area contributed by atoms with E-state index < -0.39 is 11.2 Å². The van der Waals surface area contributed by atoms with Crippen LogP contribution in [0.4, 0.5) is 11.4 Å². The van der Waals surface area contributed by atoms with Crippen LogP contribution in [0.3, 0.4) is 0 Å². The third kappa shape index (κ3) is 7.08. The van der Waals surface area contributed by atoms with Gasteiger partial charge in [-0.3, -0.25) is 9.59 Å². The van der Waals surface area contributed by atoms with Gasteiger partial charge < -0.3 is 15.7 Å². The van der Waals surface area contributed by atoms with E-state index in [0.717, 1.165) is 21.6 Å². The summed E-state index contributed by atoms with van der Waals surface area (Å²) in [6.45, 7) is 1.81. The maximum absolute atomic E-state index is 13.5. The molecule has 7 heteroatoms. The van der Waals surface area contributed by atoms with Crippen LogP contribution in [0, 0.1) is 6.92 Å². The lowest BCUT2D eigenvalue weighted by Crippen LogP contribution is -2.20. The highest BCUT2D eigenvalue weighted by atomic mass is 32.2. The second-order valence-corrected chi connectivity index (χ2v) is 9.65. The molecule has 0 spiro atoms. The number of nitrogens with one attached hydrogen (secondary N) is 2. The fourth-order valence-corrected chi connectivity index (χ4v) is 4.84. The number of carboxylic acids is 1. The van der Waals surface area contributed by atoms with Crippen LogP contribution in [-0.4, -0.2) is 22.9 Å². The largest absolute Gasteiger partial charge is 0.478 e. The summed E-state index contributed by atoms with van der Waals surface area (Å²) in [7, 11) is 0. The minimum absolute atomic E-state index is 0.101. The number of hydrogen-bond acceptors (Lipinski definition) is 4. The Morgan fingerprint density at radius 2 is 1.51 bits per heavy atom. The number of aromatic carboxylic acids is 1. The number of thioether (sulfide) groups is 1. The molecule has 0 heterocycles. The number of aryl methyl sites for hydroxylation is 1. The van der Waals surface area contributed by atoms with Crippen LogP contribution in [0.2, 0.25) is 0 Å². The number of carbonyl (C=O) groups excluding carboxylic acids is 2. The van der Waals surface area contributed by atoms with Crippen molar-refractivity contribution in [1.82, 2.24) is 0 Å². The lowest BCUT2D eigenvalue weighted by molar-refractivity contribution is -0.116. The molecule has 0 bridgehead atoms. The average Bonchev–Trinajstić information content (AvgIpc) is 2.89. The molecule has 0 aliphatic heterocycles. The molecule has 3 N–H and O–H groups in total. The molecule has 6 nitrogen and oxygen atoms in total. The molecule has 4 aromatic rings. The van der Waals surface area contributed by atoms with E-state index in [2.05, 4.69) is 10.6 Å². The minimum atomic E-state index is -1.06. The topological polar surface area (TPSA) is 95.5 Å². The van der Waals surface area contributed by atoms with E-state index in [0.29, 0.717) is 11.4 Å². The highest BCUT2D eigenvalue weighted by Gasteiger charge is 2.23. The Morgan fingerprint density at radius 1 is 0.811 bits per heavy atom. The summed E-state index contributed by atoms with van der Waals surface area (Å²) in [5, 5.41) is 14.6. The smallest absolute Gasteiger partial charge is 0.335 e. The van der Waals surface area contributed by atoms with Gasteiger partial charge in [0.15, 0.2) is 0 Å². The van der Waals surface area contributed by atoms with Gasteiger partial charge in [-0.05, 0) is 53.9 Å². The third-order valence-corrected chi connectivity index (χ3v) is 6.91. The van der Waals surface area contributed by atoms with E-state index in [9.17, 15) is 19.5 Å². The molecule has 0 saturated heterocycles. The van der Waals surface area contributed by atoms with Crippen molar-refractivity contribution in [2.75, 3.05) is 10.6 Å². The molecule has 0 radical (unpaired) electrons. The third-order valence-electron chi connectivity index (χ3n) is 5.66. The van der Waals surface area contributed by atoms with Gasteiger partial charge in [0.05, 0.1) is 12.0 Å². The average molecular weight is 511 g/mol. The van der Waals surface area contributed by atoms with Crippen molar-refractivity contribution < 1.29 is 19.5 Å². The molecule has 4 rings (SSSR count). The van der Waals surface area contributed by atoms with Crippen LogP contribution < -0.4 is 10.6 Å². The van der Waals surface area contributed by atoms with Crippen molar-refractivity contribution >= 4 is 40.9 Å². The van der Waals surface area contributed by atoms with E-state index in [1.807, 2.05) is 91.9 Å². The summed E-state index contributed by atoms with van der Waals surface area (Å²) in [4.78, 5) is 38.2. The fraction of sp³-hybridized carbons (Fsp3) is 0.100. The quantitative estimate of drug-likeness (QED) is 0.228. The number of hydrogen-bond donors (Lipinski definition) is 3. The van der Waals surface area contributed by atoms with Crippen molar-refractivity contribution in [3.8, 4) is 0 Å². The Bertz CT molecular complexity index is 1410. The predicted molar refractivity (Wildman–Crippen MR) is 147 cm³/mol. The monoisotopic (exact) mass is 510 g/mol. The van der Waals surface area contributed by atoms with Crippen LogP contribution in [0.15, 0.2) is 108 Å². The highest BCUT2D eigenvalue weighted by Crippen LogP contribution is 2.37. The summed E-state index contributed by atoms with van der Waals surface area (Å²) < 4.78 is 0. The van der Waals surface area contributed by atoms with E-state index in [1.54, 1.807) is 6.07 Å². The lowest BCUT2D eigenvalue weighted by Gasteiger charge is -2.19. The first-order valence-electron chi connectivity index (χ1n) is 11.7. The fourth-order valence-electron chi connectivity index (χ4n) is 3.76. The van der Waals surface area contributed by atoms with Crippen molar-refractivity contribution in [2.45, 2.75) is 23.5 Å². The van der Waals surface area contributed by atoms with Gasteiger partial charge in [0, 0.05) is 16.3 Å². The molecule has 0 saturated carbocycles. The van der Waals surface area contributed by atoms with Crippen molar-refractivity contribution in [2.24, 2.45) is 0 Å². The Morgan fingerprint density at radius 3 is 2.22 bits per heavy atom. The van der Waals surface area contributed by atoms with Gasteiger partial charge in [-0.15, -0.1) is 11.8 Å². The molecule has 4 aromatic carbocycles. The molecule has 0 aliphatic rings. The van der Waals surface area contributed by atoms with Crippen LogP contribution in [0.25, 0.3) is 0 Å².